The van der Waals surface area contributed by atoms with E-state index in [1.807, 2.05) is 6.92 Å². The molecule has 0 unspecified atom stereocenters. The Morgan fingerprint density at radius 1 is 1.08 bits per heavy atom. The normalized spacial score (nSPS) is 24.8. The van der Waals surface area contributed by atoms with Crippen LogP contribution in [0.15, 0.2) is 12.1 Å². The Morgan fingerprint density at radius 2 is 1.84 bits per heavy atom. The van der Waals surface area contributed by atoms with Gasteiger partial charge in [-0.25, -0.2) is 9.37 Å². The van der Waals surface area contributed by atoms with E-state index in [1.165, 1.54) is 0 Å². The quantitative estimate of drug-likeness (QED) is 0.594. The van der Waals surface area contributed by atoms with Gasteiger partial charge in [-0.2, -0.15) is 9.97 Å². The van der Waals surface area contributed by atoms with Crippen LogP contribution in [0.4, 0.5) is 16.2 Å². The topological polar surface area (TPSA) is 63.6 Å². The summed E-state index contributed by atoms with van der Waals surface area (Å²) in [5.74, 6) is 1.05. The fraction of sp³-hybridized carbons (Fsp3) is 0.562. The Morgan fingerprint density at radius 3 is 2.60 bits per heavy atom. The molecule has 2 saturated heterocycles. The van der Waals surface area contributed by atoms with Crippen molar-refractivity contribution in [1.29, 1.82) is 0 Å². The zero-order chi connectivity index (χ0) is 17.4. The molecule has 2 aliphatic heterocycles. The number of pyridine rings is 1. The lowest BCUT2D eigenvalue weighted by molar-refractivity contribution is 0.0493. The molecule has 2 aliphatic rings. The van der Waals surface area contributed by atoms with Gasteiger partial charge in [0.1, 0.15) is 11.0 Å². The molecule has 0 aromatic carbocycles. The van der Waals surface area contributed by atoms with Gasteiger partial charge in [0.2, 0.25) is 5.95 Å². The molecule has 0 amide bonds. The summed E-state index contributed by atoms with van der Waals surface area (Å²) in [6.07, 6.45) is -1.25. The van der Waals surface area contributed by atoms with Crippen LogP contribution in [0.25, 0.3) is 11.0 Å². The third-order valence-electron chi connectivity index (χ3n) is 4.46. The van der Waals surface area contributed by atoms with Crippen molar-refractivity contribution in [2.24, 2.45) is 0 Å². The summed E-state index contributed by atoms with van der Waals surface area (Å²) < 4.78 is 25.1. The Labute approximate surface area is 149 Å². The molecular weight excluding hydrogens is 349 g/mol. The van der Waals surface area contributed by atoms with Crippen LogP contribution < -0.4 is 9.80 Å². The maximum absolute atomic E-state index is 14.5. The fourth-order valence-electron chi connectivity index (χ4n) is 3.14. The van der Waals surface area contributed by atoms with Crippen molar-refractivity contribution in [2.45, 2.75) is 19.3 Å². The van der Waals surface area contributed by atoms with Gasteiger partial charge in [0, 0.05) is 13.1 Å². The Balaban J connectivity index is 1.84. The highest BCUT2D eigenvalue weighted by Gasteiger charge is 2.28. The number of alkyl halides is 1. The second kappa shape index (κ2) is 6.86. The number of fused-ring (bicyclic) bond motifs is 1. The second-order valence-electron chi connectivity index (χ2n) is 6.17. The van der Waals surface area contributed by atoms with Crippen molar-refractivity contribution >= 4 is 34.4 Å². The zero-order valence-electron chi connectivity index (χ0n) is 13.9. The van der Waals surface area contributed by atoms with Crippen LogP contribution in [0.1, 0.15) is 6.92 Å². The molecule has 2 fully saturated rings. The predicted molar refractivity (Wildman–Crippen MR) is 93.0 cm³/mol. The summed E-state index contributed by atoms with van der Waals surface area (Å²) in [5, 5.41) is 1.02. The first-order valence-electron chi connectivity index (χ1n) is 8.30. The maximum atomic E-state index is 14.5. The molecule has 134 valence electrons. The lowest BCUT2D eigenvalue weighted by Crippen LogP contribution is -2.46. The van der Waals surface area contributed by atoms with Crippen LogP contribution in [-0.4, -0.2) is 66.8 Å². The third kappa shape index (κ3) is 3.21. The molecule has 0 spiro atoms. The number of hydrogen-bond donors (Lipinski definition) is 0. The van der Waals surface area contributed by atoms with E-state index in [4.69, 9.17) is 21.1 Å². The van der Waals surface area contributed by atoms with Crippen LogP contribution >= 0.6 is 11.6 Å². The first-order chi connectivity index (χ1) is 12.1. The van der Waals surface area contributed by atoms with Gasteiger partial charge >= 0.3 is 0 Å². The molecule has 0 N–H and O–H groups in total. The molecule has 0 saturated carbocycles. The van der Waals surface area contributed by atoms with Gasteiger partial charge in [-0.15, -0.1) is 0 Å². The Kier molecular flexibility index (Phi) is 4.58. The molecule has 4 rings (SSSR count). The summed E-state index contributed by atoms with van der Waals surface area (Å²) in [4.78, 5) is 17.2. The van der Waals surface area contributed by atoms with Gasteiger partial charge in [-0.05, 0) is 19.1 Å². The number of halogens is 2. The summed E-state index contributed by atoms with van der Waals surface area (Å²) in [7, 11) is 0. The van der Waals surface area contributed by atoms with Gasteiger partial charge in [-0.1, -0.05) is 11.6 Å². The summed E-state index contributed by atoms with van der Waals surface area (Å²) in [5.41, 5.74) is 0.463. The number of nitrogens with zero attached hydrogens (tertiary/aromatic N) is 5. The molecule has 2 atom stereocenters. The lowest BCUT2D eigenvalue weighted by Gasteiger charge is -2.35. The molecule has 0 radical (unpaired) electrons. The number of aromatic nitrogens is 3. The third-order valence-corrected chi connectivity index (χ3v) is 4.67. The predicted octanol–water partition coefficient (Wildman–Crippen LogP) is 2.04. The van der Waals surface area contributed by atoms with Gasteiger partial charge in [0.15, 0.2) is 11.9 Å². The molecule has 2 aromatic rings. The average Bonchev–Trinajstić information content (AvgIpc) is 2.61. The molecule has 4 heterocycles. The van der Waals surface area contributed by atoms with Crippen LogP contribution in [0.2, 0.25) is 5.15 Å². The highest BCUT2D eigenvalue weighted by Crippen LogP contribution is 2.30. The minimum atomic E-state index is -1.25. The van der Waals surface area contributed by atoms with Gasteiger partial charge in [-0.3, -0.25) is 0 Å². The molecule has 0 bridgehead atoms. The van der Waals surface area contributed by atoms with E-state index in [2.05, 4.69) is 19.9 Å². The minimum absolute atomic E-state index is 0.0236. The van der Waals surface area contributed by atoms with Gasteiger partial charge in [0.05, 0.1) is 37.9 Å². The van der Waals surface area contributed by atoms with Crippen LogP contribution in [0.5, 0.6) is 0 Å². The Hall–Kier alpha value is -1.77. The largest absolute Gasteiger partial charge is 0.377 e. The van der Waals surface area contributed by atoms with E-state index >= 15 is 0 Å². The average molecular weight is 368 g/mol. The highest BCUT2D eigenvalue weighted by molar-refractivity contribution is 6.29. The molecule has 0 aliphatic carbocycles. The van der Waals surface area contributed by atoms with Crippen LogP contribution in [0.3, 0.4) is 0 Å². The summed E-state index contributed by atoms with van der Waals surface area (Å²) in [6, 6.07) is 3.58. The first kappa shape index (κ1) is 16.7. The van der Waals surface area contributed by atoms with E-state index < -0.39 is 6.30 Å². The van der Waals surface area contributed by atoms with Crippen molar-refractivity contribution < 1.29 is 13.9 Å². The summed E-state index contributed by atoms with van der Waals surface area (Å²) in [6.45, 7) is 4.83. The van der Waals surface area contributed by atoms with E-state index in [0.717, 1.165) is 0 Å². The van der Waals surface area contributed by atoms with Crippen molar-refractivity contribution in [3.05, 3.63) is 17.3 Å². The number of morpholine rings is 2. The number of ether oxygens (including phenoxy) is 2. The van der Waals surface area contributed by atoms with E-state index in [0.29, 0.717) is 60.9 Å². The molecule has 2 aromatic heterocycles. The smallest absolute Gasteiger partial charge is 0.229 e. The van der Waals surface area contributed by atoms with Crippen LogP contribution in [-0.2, 0) is 9.47 Å². The zero-order valence-corrected chi connectivity index (χ0v) is 14.6. The number of anilines is 2. The van der Waals surface area contributed by atoms with Crippen molar-refractivity contribution in [1.82, 2.24) is 15.0 Å². The van der Waals surface area contributed by atoms with E-state index in [-0.39, 0.29) is 12.6 Å². The summed E-state index contributed by atoms with van der Waals surface area (Å²) >= 11 is 6.04. The SMILES string of the molecule is C[C@H]1COCCN1c1nc(N2CCOC[C@@H]2F)c2ccc(Cl)nc2n1. The standard InChI is InChI=1S/C16H19ClFN5O2/c1-10-8-24-6-4-22(10)16-20-14-11(2-3-12(17)19-14)15(21-16)23-5-7-25-9-13(23)18/h2-3,10,13H,4-9H2,1H3/t10-,13+/m0/s1. The molecule has 25 heavy (non-hydrogen) atoms. The first-order valence-corrected chi connectivity index (χ1v) is 8.68. The van der Waals surface area contributed by atoms with E-state index in [9.17, 15) is 4.39 Å². The van der Waals surface area contributed by atoms with Crippen molar-refractivity contribution in [3.63, 3.8) is 0 Å². The highest BCUT2D eigenvalue weighted by atomic mass is 35.5. The second-order valence-corrected chi connectivity index (χ2v) is 6.56. The minimum Gasteiger partial charge on any atom is -0.377 e. The van der Waals surface area contributed by atoms with Gasteiger partial charge in [0.25, 0.3) is 0 Å². The lowest BCUT2D eigenvalue weighted by atomic mass is 10.2. The maximum Gasteiger partial charge on any atom is 0.229 e. The van der Waals surface area contributed by atoms with Crippen molar-refractivity contribution in [3.8, 4) is 0 Å². The number of rotatable bonds is 2. The van der Waals surface area contributed by atoms with Crippen molar-refractivity contribution in [2.75, 3.05) is 49.3 Å². The monoisotopic (exact) mass is 367 g/mol. The van der Waals surface area contributed by atoms with Crippen LogP contribution in [0, 0.1) is 0 Å². The molecule has 7 nitrogen and oxygen atoms in total. The number of hydrogen-bond acceptors (Lipinski definition) is 7. The molecular formula is C16H19ClFN5O2. The molecule has 9 heteroatoms. The Bertz CT molecular complexity index is 780. The van der Waals surface area contributed by atoms with E-state index in [1.54, 1.807) is 17.0 Å². The fourth-order valence-corrected chi connectivity index (χ4v) is 3.29. The van der Waals surface area contributed by atoms with Gasteiger partial charge < -0.3 is 19.3 Å².